The summed E-state index contributed by atoms with van der Waals surface area (Å²) in [5, 5.41) is 69.3. The minimum atomic E-state index is -2.56. The van der Waals surface area contributed by atoms with E-state index in [0.717, 1.165) is 13.8 Å². The molecule has 31 nitrogen and oxygen atoms in total. The minimum absolute atomic E-state index is 0.0273. The number of carbonyl (C=O) groups is 12. The maximum absolute atomic E-state index is 15.6. The molecule has 0 aromatic heterocycles. The number of hydrogen-bond acceptors (Lipinski definition) is 18. The fraction of sp³-hybridized carbons (Fsp3) is 0.694. The summed E-state index contributed by atoms with van der Waals surface area (Å²) in [6, 6.07) is -11.2. The number of ketones is 1. The van der Waals surface area contributed by atoms with Crippen molar-refractivity contribution in [2.24, 2.45) is 62.4 Å². The van der Waals surface area contributed by atoms with Crippen LogP contribution < -0.4 is 76.1 Å². The second-order valence-electron chi connectivity index (χ2n) is 27.2. The Kier molecular flexibility index (Phi) is 32.4. The van der Waals surface area contributed by atoms with Gasteiger partial charge in [-0.25, -0.2) is 0 Å². The number of rotatable bonds is 22. The predicted molar refractivity (Wildman–Crippen MR) is 343 cm³/mol. The highest BCUT2D eigenvalue weighted by Crippen LogP contribution is 2.30. The summed E-state index contributed by atoms with van der Waals surface area (Å²) in [4.78, 5) is 176. The molecule has 0 spiro atoms. The number of aliphatic hydroxyl groups is 4. The van der Waals surface area contributed by atoms with Gasteiger partial charge in [0.25, 0.3) is 0 Å². The summed E-state index contributed by atoms with van der Waals surface area (Å²) >= 11 is 0. The Morgan fingerprint density at radius 1 is 0.613 bits per heavy atom. The van der Waals surface area contributed by atoms with Gasteiger partial charge in [-0.2, -0.15) is 0 Å². The van der Waals surface area contributed by atoms with E-state index in [9.17, 15) is 68.4 Å². The summed E-state index contributed by atoms with van der Waals surface area (Å²) in [6.45, 7) is 21.6. The molecule has 93 heavy (non-hydrogen) atoms. The van der Waals surface area contributed by atoms with Crippen LogP contribution in [0.1, 0.15) is 153 Å². The first-order chi connectivity index (χ1) is 43.0. The molecular formula is C62H105N15O16. The number of carbonyl (C=O) groups excluding carboxylic acids is 12. The summed E-state index contributed by atoms with van der Waals surface area (Å²) in [5.41, 5.74) is 21.9. The first-order valence-electron chi connectivity index (χ1n) is 31.4. The Bertz CT molecular complexity index is 2770. The van der Waals surface area contributed by atoms with Gasteiger partial charge in [0, 0.05) is 13.0 Å². The molecule has 1 aromatic carbocycles. The fourth-order valence-electron chi connectivity index (χ4n) is 10.1. The summed E-state index contributed by atoms with van der Waals surface area (Å²) in [6.07, 6.45) is -6.74. The molecule has 0 saturated carbocycles. The van der Waals surface area contributed by atoms with E-state index >= 15 is 9.59 Å². The topological polar surface area (TPSA) is 522 Å². The lowest BCUT2D eigenvalue weighted by atomic mass is 9.81. The highest BCUT2D eigenvalue weighted by atomic mass is 16.3. The van der Waals surface area contributed by atoms with Crippen molar-refractivity contribution in [1.29, 1.82) is 0 Å². The Labute approximate surface area is 544 Å². The van der Waals surface area contributed by atoms with Crippen molar-refractivity contribution in [3.8, 4) is 0 Å². The van der Waals surface area contributed by atoms with Crippen LogP contribution in [-0.2, 0) is 57.5 Å². The molecule has 2 rings (SSSR count). The molecule has 0 radical (unpaired) electrons. The van der Waals surface area contributed by atoms with Crippen LogP contribution in [0.3, 0.4) is 0 Å². The van der Waals surface area contributed by atoms with Gasteiger partial charge in [-0.05, 0) is 80.1 Å². The average Bonchev–Trinajstić information content (AvgIpc) is 0.842. The first-order valence-corrected chi connectivity index (χ1v) is 31.4. The maximum Gasteiger partial charge on any atom is 0.248 e. The van der Waals surface area contributed by atoms with Crippen molar-refractivity contribution in [2.45, 2.75) is 227 Å². The third-order valence-electron chi connectivity index (χ3n) is 15.4. The van der Waals surface area contributed by atoms with Crippen molar-refractivity contribution in [2.75, 3.05) is 13.2 Å². The lowest BCUT2D eigenvalue weighted by Crippen LogP contribution is -2.64. The van der Waals surface area contributed by atoms with Gasteiger partial charge in [-0.1, -0.05) is 120 Å². The number of Topliss-reactive ketones (excluding diaryl/α,β-unsaturated/α-hetero) is 1. The number of amides is 11. The summed E-state index contributed by atoms with van der Waals surface area (Å²) < 4.78 is 0. The van der Waals surface area contributed by atoms with Gasteiger partial charge in [0.2, 0.25) is 65.0 Å². The number of guanidine groups is 1. The molecule has 1 heterocycles. The lowest BCUT2D eigenvalue weighted by molar-refractivity contribution is -0.141. The highest BCUT2D eigenvalue weighted by Gasteiger charge is 2.44. The van der Waals surface area contributed by atoms with E-state index in [1.807, 2.05) is 20.8 Å². The molecule has 1 aromatic rings. The van der Waals surface area contributed by atoms with Crippen LogP contribution in [0.15, 0.2) is 35.3 Å². The third kappa shape index (κ3) is 26.9. The lowest BCUT2D eigenvalue weighted by Gasteiger charge is -2.34. The van der Waals surface area contributed by atoms with Gasteiger partial charge in [0.15, 0.2) is 17.8 Å². The van der Waals surface area contributed by atoms with Crippen LogP contribution in [0.5, 0.6) is 0 Å². The van der Waals surface area contributed by atoms with Crippen LogP contribution >= 0.6 is 0 Å². The van der Waals surface area contributed by atoms with Crippen LogP contribution in [0.25, 0.3) is 0 Å². The van der Waals surface area contributed by atoms with E-state index in [1.54, 1.807) is 54.5 Å². The summed E-state index contributed by atoms with van der Waals surface area (Å²) in [5.74, 6) is -17.7. The quantitative estimate of drug-likeness (QED) is 0.0303. The molecule has 524 valence electrons. The van der Waals surface area contributed by atoms with Crippen LogP contribution in [-0.4, -0.2) is 189 Å². The largest absolute Gasteiger partial charge is 0.394 e. The Balaban J connectivity index is 3.19. The molecule has 1 saturated heterocycles. The number of aliphatic imine (C=N–C) groups is 1. The van der Waals surface area contributed by atoms with Crippen LogP contribution in [0.4, 0.5) is 0 Å². The SMILES string of the molecule is CC[C@H](C)[C@@H]1NC(=O)[C@@H](CCCN=C(N)N)NC(=O)[C@H](CC(C)C)NC(=O)[C@H]([C@H](O)C(C)C)NC(=O)[C@@H](CC(=O)[C@H](CC(C)(C)C)NC(=O)[C@H](N)CC(C)(C)C)[C@@H](c2ccccc2)NC(=O)[C@H](CO)NC(=O)C([C@H](O)C(N)=O)NC(=O)[C@@H](C)NC(=O)[C@H]([C@H](C)O)NC1=O. The number of aliphatic hydroxyl groups excluding tert-OH is 4. The number of nitrogens with zero attached hydrogens (tertiary/aromatic N) is 1. The van der Waals surface area contributed by atoms with E-state index in [1.165, 1.54) is 38.1 Å². The molecule has 1 aliphatic heterocycles. The first kappa shape index (κ1) is 81.2. The molecule has 11 amide bonds. The Morgan fingerprint density at radius 3 is 1.62 bits per heavy atom. The maximum atomic E-state index is 15.6. The standard InChI is InChI=1S/C62H105N15O16/c1-15-31(6)42-56(90)74-43(33(8)79)57(91)68-32(7)50(84)76-46(48(82)49(64)83)59(93)72-40(28-78)55(89)75-44(34-20-17-16-18-21-34)35(25-41(80)39(27-62(12,13)14)71-52(86)36(63)26-61(9,10)11)51(85)77-45(47(81)30(4)5)58(92)70-38(24-29(2)3)54(88)69-37(53(87)73-42)22-19-23-67-60(65)66/h16-18,20-21,29-33,35-40,42-48,78-79,81-82H,15,19,22-28,63H2,1-14H3,(H2,64,83)(H,68,91)(H,69,88)(H,70,92)(H,71,86)(H,72,93)(H,73,87)(H,74,90)(H,75,89)(H,76,84)(H,77,85)(H4,65,66,67)/t31-,32+,33-,35-,36+,37+,38-,39-,40-,42-,43-,44+,45-,46?,47+,48-/m0/s1. The smallest absolute Gasteiger partial charge is 0.248 e. The number of hydrogen-bond donors (Lipinski definition) is 18. The molecule has 1 aliphatic rings. The number of nitrogens with one attached hydrogen (secondary N) is 10. The fourth-order valence-corrected chi connectivity index (χ4v) is 10.1. The molecule has 0 bridgehead atoms. The van der Waals surface area contributed by atoms with E-state index < -0.39 is 197 Å². The van der Waals surface area contributed by atoms with Gasteiger partial charge in [0.05, 0.1) is 42.9 Å². The number of primary amides is 1. The van der Waals surface area contributed by atoms with Gasteiger partial charge >= 0.3 is 0 Å². The second-order valence-corrected chi connectivity index (χ2v) is 27.2. The van der Waals surface area contributed by atoms with Gasteiger partial charge in [0.1, 0.15) is 48.3 Å². The van der Waals surface area contributed by atoms with E-state index in [-0.39, 0.29) is 62.5 Å². The van der Waals surface area contributed by atoms with Crippen LogP contribution in [0, 0.1) is 34.5 Å². The number of benzene rings is 1. The zero-order valence-corrected chi connectivity index (χ0v) is 56.1. The zero-order chi connectivity index (χ0) is 71.2. The highest BCUT2D eigenvalue weighted by molar-refractivity contribution is 6.01. The molecule has 1 unspecified atom stereocenters. The second kappa shape index (κ2) is 37.1. The van der Waals surface area contributed by atoms with Crippen molar-refractivity contribution in [3.63, 3.8) is 0 Å². The summed E-state index contributed by atoms with van der Waals surface area (Å²) in [7, 11) is 0. The van der Waals surface area contributed by atoms with Crippen molar-refractivity contribution in [1.82, 2.24) is 53.2 Å². The van der Waals surface area contributed by atoms with E-state index in [2.05, 4.69) is 58.2 Å². The Hall–Kier alpha value is -7.87. The van der Waals surface area contributed by atoms with Gasteiger partial charge in [-0.15, -0.1) is 0 Å². The molecule has 31 heteroatoms. The van der Waals surface area contributed by atoms with Gasteiger partial charge in [-0.3, -0.25) is 62.5 Å². The van der Waals surface area contributed by atoms with E-state index in [4.69, 9.17) is 22.9 Å². The molecule has 16 atom stereocenters. The van der Waals surface area contributed by atoms with Crippen molar-refractivity contribution < 1.29 is 78.0 Å². The molecular weight excluding hydrogens is 1210 g/mol. The predicted octanol–water partition coefficient (Wildman–Crippen LogP) is -3.60. The molecule has 22 N–H and O–H groups in total. The minimum Gasteiger partial charge on any atom is -0.394 e. The zero-order valence-electron chi connectivity index (χ0n) is 56.1. The van der Waals surface area contributed by atoms with Crippen molar-refractivity contribution in [3.05, 3.63) is 35.9 Å². The number of nitrogens with two attached hydrogens (primary N) is 4. The van der Waals surface area contributed by atoms with Gasteiger partial charge < -0.3 is 96.5 Å². The third-order valence-corrected chi connectivity index (χ3v) is 15.4. The molecule has 1 fully saturated rings. The Morgan fingerprint density at radius 2 is 1.11 bits per heavy atom. The average molecular weight is 1320 g/mol. The molecule has 0 aliphatic carbocycles. The van der Waals surface area contributed by atoms with E-state index in [0.29, 0.717) is 0 Å². The van der Waals surface area contributed by atoms with Crippen LogP contribution in [0.2, 0.25) is 0 Å². The normalized spacial score (nSPS) is 25.4. The monoisotopic (exact) mass is 1320 g/mol. The van der Waals surface area contributed by atoms with Crippen molar-refractivity contribution >= 4 is 76.7 Å².